The van der Waals surface area contributed by atoms with Gasteiger partial charge >= 0.3 is 0 Å². The molecule has 1 rings (SSSR count). The molecule has 0 aliphatic rings. The molecule has 0 bridgehead atoms. The molecular formula is C8H8ClNO2. The molecule has 0 radical (unpaired) electrons. The van der Waals surface area contributed by atoms with Crippen LogP contribution in [0.1, 0.15) is 11.1 Å². The number of hydrogen-bond acceptors (Lipinski definition) is 2. The van der Waals surface area contributed by atoms with Gasteiger partial charge in [0.1, 0.15) is 0 Å². The molecule has 0 aliphatic carbocycles. The van der Waals surface area contributed by atoms with Gasteiger partial charge in [0.15, 0.2) is 0 Å². The number of aryl methyl sites for hydroxylation is 1. The van der Waals surface area contributed by atoms with E-state index in [9.17, 15) is 10.1 Å². The number of halogens is 1. The zero-order valence-electron chi connectivity index (χ0n) is 6.58. The first-order chi connectivity index (χ1) is 5.66. The van der Waals surface area contributed by atoms with Crippen molar-refractivity contribution in [1.29, 1.82) is 0 Å². The van der Waals surface area contributed by atoms with E-state index in [4.69, 9.17) is 11.6 Å². The van der Waals surface area contributed by atoms with Crippen molar-refractivity contribution >= 4 is 17.3 Å². The van der Waals surface area contributed by atoms with Gasteiger partial charge in [-0.1, -0.05) is 18.2 Å². The Balaban J connectivity index is 3.29. The fourth-order valence-corrected chi connectivity index (χ4v) is 1.30. The third kappa shape index (κ3) is 1.56. The Morgan fingerprint density at radius 2 is 2.25 bits per heavy atom. The molecule has 0 spiro atoms. The van der Waals surface area contributed by atoms with Gasteiger partial charge in [0, 0.05) is 11.1 Å². The van der Waals surface area contributed by atoms with Gasteiger partial charge in [-0.05, 0) is 6.92 Å². The maximum Gasteiger partial charge on any atom is 0.276 e. The minimum Gasteiger partial charge on any atom is -0.258 e. The Kier molecular flexibility index (Phi) is 2.65. The van der Waals surface area contributed by atoms with Crippen molar-refractivity contribution in [2.24, 2.45) is 0 Å². The zero-order valence-corrected chi connectivity index (χ0v) is 7.34. The van der Waals surface area contributed by atoms with Crippen molar-refractivity contribution in [2.75, 3.05) is 0 Å². The predicted molar refractivity (Wildman–Crippen MR) is 47.4 cm³/mol. The first-order valence-electron chi connectivity index (χ1n) is 3.45. The van der Waals surface area contributed by atoms with Crippen LogP contribution in [0.2, 0.25) is 0 Å². The monoisotopic (exact) mass is 185 g/mol. The van der Waals surface area contributed by atoms with Crippen LogP contribution in [0.15, 0.2) is 18.2 Å². The number of nitrogens with zero attached hydrogens (tertiary/aromatic N) is 1. The van der Waals surface area contributed by atoms with Crippen molar-refractivity contribution in [1.82, 2.24) is 0 Å². The van der Waals surface area contributed by atoms with Crippen molar-refractivity contribution in [3.8, 4) is 0 Å². The molecule has 0 amide bonds. The highest BCUT2D eigenvalue weighted by molar-refractivity contribution is 6.17. The highest BCUT2D eigenvalue weighted by Crippen LogP contribution is 2.23. The minimum absolute atomic E-state index is 0.132. The molecule has 12 heavy (non-hydrogen) atoms. The second-order valence-electron chi connectivity index (χ2n) is 2.47. The smallest absolute Gasteiger partial charge is 0.258 e. The summed E-state index contributed by atoms with van der Waals surface area (Å²) in [6.07, 6.45) is 0. The zero-order chi connectivity index (χ0) is 9.14. The van der Waals surface area contributed by atoms with Crippen molar-refractivity contribution in [3.05, 3.63) is 39.4 Å². The molecule has 3 nitrogen and oxygen atoms in total. The molecule has 0 unspecified atom stereocenters. The summed E-state index contributed by atoms with van der Waals surface area (Å²) >= 11 is 5.54. The number of benzene rings is 1. The second-order valence-corrected chi connectivity index (χ2v) is 2.74. The lowest BCUT2D eigenvalue weighted by Crippen LogP contribution is -1.95. The molecule has 0 fully saturated rings. The van der Waals surface area contributed by atoms with E-state index in [0.717, 1.165) is 0 Å². The number of nitro benzene ring substituents is 1. The van der Waals surface area contributed by atoms with Crippen LogP contribution < -0.4 is 0 Å². The van der Waals surface area contributed by atoms with Crippen LogP contribution in [-0.4, -0.2) is 4.92 Å². The standard InChI is InChI=1S/C8H8ClNO2/c1-6-3-2-4-7(5-9)8(6)10(11)12/h2-4H,5H2,1H3. The highest BCUT2D eigenvalue weighted by atomic mass is 35.5. The number of alkyl halides is 1. The summed E-state index contributed by atoms with van der Waals surface area (Å²) in [5, 5.41) is 10.5. The van der Waals surface area contributed by atoms with Crippen molar-refractivity contribution < 1.29 is 4.92 Å². The average molecular weight is 186 g/mol. The summed E-state index contributed by atoms with van der Waals surface area (Å²) in [6, 6.07) is 5.13. The van der Waals surface area contributed by atoms with Crippen LogP contribution in [0, 0.1) is 17.0 Å². The molecule has 0 saturated carbocycles. The van der Waals surface area contributed by atoms with Crippen LogP contribution in [0.3, 0.4) is 0 Å². The van der Waals surface area contributed by atoms with Gasteiger partial charge < -0.3 is 0 Å². The molecule has 0 saturated heterocycles. The SMILES string of the molecule is Cc1cccc(CCl)c1[N+](=O)[O-]. The van der Waals surface area contributed by atoms with Crippen LogP contribution in [0.25, 0.3) is 0 Å². The molecule has 4 heteroatoms. The van der Waals surface area contributed by atoms with Crippen molar-refractivity contribution in [2.45, 2.75) is 12.8 Å². The van der Waals surface area contributed by atoms with Crippen LogP contribution in [0.5, 0.6) is 0 Å². The normalized spacial score (nSPS) is 9.83. The Bertz CT molecular complexity index is 312. The molecule has 0 heterocycles. The fourth-order valence-electron chi connectivity index (χ4n) is 1.09. The van der Waals surface area contributed by atoms with E-state index in [2.05, 4.69) is 0 Å². The van der Waals surface area contributed by atoms with E-state index < -0.39 is 4.92 Å². The van der Waals surface area contributed by atoms with E-state index in [-0.39, 0.29) is 11.6 Å². The third-order valence-corrected chi connectivity index (χ3v) is 1.94. The first kappa shape index (κ1) is 9.00. The van der Waals surface area contributed by atoms with Gasteiger partial charge in [0.2, 0.25) is 0 Å². The first-order valence-corrected chi connectivity index (χ1v) is 3.99. The number of nitro groups is 1. The van der Waals surface area contributed by atoms with Gasteiger partial charge in [-0.15, -0.1) is 11.6 Å². The van der Waals surface area contributed by atoms with E-state index in [0.29, 0.717) is 11.1 Å². The Hall–Kier alpha value is -1.09. The summed E-state index contributed by atoms with van der Waals surface area (Å²) in [5.41, 5.74) is 1.35. The van der Waals surface area contributed by atoms with Crippen LogP contribution >= 0.6 is 11.6 Å². The Labute approximate surface area is 75.1 Å². The lowest BCUT2D eigenvalue weighted by atomic mass is 10.1. The maximum absolute atomic E-state index is 10.5. The lowest BCUT2D eigenvalue weighted by Gasteiger charge is -2.00. The average Bonchev–Trinajstić information content (AvgIpc) is 2.03. The molecule has 1 aromatic carbocycles. The third-order valence-electron chi connectivity index (χ3n) is 1.65. The molecule has 0 atom stereocenters. The van der Waals surface area contributed by atoms with Crippen LogP contribution in [-0.2, 0) is 5.88 Å². The number of hydrogen-bond donors (Lipinski definition) is 0. The summed E-state index contributed by atoms with van der Waals surface area (Å²) in [6.45, 7) is 1.70. The van der Waals surface area contributed by atoms with E-state index in [1.807, 2.05) is 0 Å². The quantitative estimate of drug-likeness (QED) is 0.404. The summed E-state index contributed by atoms with van der Waals surface area (Å²) in [4.78, 5) is 10.2. The van der Waals surface area contributed by atoms with E-state index >= 15 is 0 Å². The fraction of sp³-hybridized carbons (Fsp3) is 0.250. The predicted octanol–water partition coefficient (Wildman–Crippen LogP) is 2.64. The van der Waals surface area contributed by atoms with Crippen molar-refractivity contribution in [3.63, 3.8) is 0 Å². The van der Waals surface area contributed by atoms with Crippen LogP contribution in [0.4, 0.5) is 5.69 Å². The minimum atomic E-state index is -0.396. The van der Waals surface area contributed by atoms with Gasteiger partial charge in [-0.25, -0.2) is 0 Å². The second kappa shape index (κ2) is 3.54. The number of rotatable bonds is 2. The molecule has 0 N–H and O–H groups in total. The summed E-state index contributed by atoms with van der Waals surface area (Å²) in [5.74, 6) is 0.179. The largest absolute Gasteiger partial charge is 0.276 e. The van der Waals surface area contributed by atoms with Gasteiger partial charge in [-0.2, -0.15) is 0 Å². The molecule has 64 valence electrons. The van der Waals surface area contributed by atoms with E-state index in [1.165, 1.54) is 0 Å². The molecular weight excluding hydrogens is 178 g/mol. The Morgan fingerprint density at radius 1 is 1.58 bits per heavy atom. The van der Waals surface area contributed by atoms with Gasteiger partial charge in [0.25, 0.3) is 5.69 Å². The van der Waals surface area contributed by atoms with Gasteiger partial charge in [-0.3, -0.25) is 10.1 Å². The molecule has 0 aliphatic heterocycles. The summed E-state index contributed by atoms with van der Waals surface area (Å²) < 4.78 is 0. The Morgan fingerprint density at radius 3 is 2.67 bits per heavy atom. The van der Waals surface area contributed by atoms with E-state index in [1.54, 1.807) is 25.1 Å². The highest BCUT2D eigenvalue weighted by Gasteiger charge is 2.14. The number of para-hydroxylation sites is 1. The summed E-state index contributed by atoms with van der Waals surface area (Å²) in [7, 11) is 0. The topological polar surface area (TPSA) is 43.1 Å². The van der Waals surface area contributed by atoms with Gasteiger partial charge in [0.05, 0.1) is 10.8 Å². The lowest BCUT2D eigenvalue weighted by molar-refractivity contribution is -0.386. The maximum atomic E-state index is 10.5. The molecule has 0 aromatic heterocycles. The molecule has 1 aromatic rings.